The van der Waals surface area contributed by atoms with Gasteiger partial charge >= 0.3 is 0 Å². The van der Waals surface area contributed by atoms with E-state index in [0.717, 1.165) is 12.4 Å². The zero-order valence-corrected chi connectivity index (χ0v) is 14.8. The Morgan fingerprint density at radius 2 is 2.31 bits per heavy atom. The number of aryl methyl sites for hydroxylation is 2. The molecule has 0 bridgehead atoms. The van der Waals surface area contributed by atoms with Crippen LogP contribution in [0.3, 0.4) is 0 Å². The van der Waals surface area contributed by atoms with E-state index < -0.39 is 4.92 Å². The van der Waals surface area contributed by atoms with Crippen molar-refractivity contribution in [2.75, 3.05) is 31.5 Å². The molecule has 1 unspecified atom stereocenters. The Bertz CT molecular complexity index is 819. The maximum atomic E-state index is 12.6. The normalized spacial score (nSPS) is 17.8. The number of imidazole rings is 1. The van der Waals surface area contributed by atoms with Crippen molar-refractivity contribution in [1.29, 1.82) is 0 Å². The van der Waals surface area contributed by atoms with Crippen LogP contribution < -0.4 is 10.6 Å². The van der Waals surface area contributed by atoms with Crippen molar-refractivity contribution in [2.45, 2.75) is 13.0 Å². The average molecular weight is 358 g/mol. The summed E-state index contributed by atoms with van der Waals surface area (Å²) in [4.78, 5) is 29.8. The zero-order chi connectivity index (χ0) is 18.7. The second-order valence-electron chi connectivity index (χ2n) is 6.36. The van der Waals surface area contributed by atoms with Crippen LogP contribution >= 0.6 is 0 Å². The quantitative estimate of drug-likeness (QED) is 0.615. The summed E-state index contributed by atoms with van der Waals surface area (Å²) >= 11 is 0. The number of carbonyl (C=O) groups excluding carboxylic acids is 1. The third kappa shape index (κ3) is 3.73. The lowest BCUT2D eigenvalue weighted by atomic mass is 10.1. The summed E-state index contributed by atoms with van der Waals surface area (Å²) in [5, 5.41) is 17.3. The van der Waals surface area contributed by atoms with Gasteiger partial charge in [0, 0.05) is 45.1 Å². The van der Waals surface area contributed by atoms with E-state index in [4.69, 9.17) is 0 Å². The van der Waals surface area contributed by atoms with Gasteiger partial charge in [-0.3, -0.25) is 19.8 Å². The van der Waals surface area contributed by atoms with Crippen molar-refractivity contribution in [3.05, 3.63) is 52.1 Å². The Hall–Kier alpha value is -2.78. The minimum absolute atomic E-state index is 0.0265. The van der Waals surface area contributed by atoms with E-state index in [-0.39, 0.29) is 29.9 Å². The number of aromatic nitrogens is 2. The maximum absolute atomic E-state index is 12.6. The fraction of sp³-hybridized carbons (Fsp3) is 0.412. The van der Waals surface area contributed by atoms with Gasteiger partial charge in [-0.15, -0.1) is 0 Å². The molecule has 9 nitrogen and oxygen atoms in total. The van der Waals surface area contributed by atoms with E-state index >= 15 is 0 Å². The van der Waals surface area contributed by atoms with Crippen molar-refractivity contribution in [1.82, 2.24) is 19.8 Å². The summed E-state index contributed by atoms with van der Waals surface area (Å²) in [6, 6.07) is 4.71. The van der Waals surface area contributed by atoms with Crippen LogP contribution in [0.25, 0.3) is 0 Å². The molecule has 3 rings (SSSR count). The first-order valence-corrected chi connectivity index (χ1v) is 8.43. The molecule has 1 aliphatic heterocycles. The summed E-state index contributed by atoms with van der Waals surface area (Å²) in [7, 11) is 1.92. The number of amides is 1. The Balaban J connectivity index is 1.75. The number of para-hydroxylation sites is 1. The second-order valence-corrected chi connectivity index (χ2v) is 6.36. The molecule has 0 radical (unpaired) electrons. The minimum Gasteiger partial charge on any atom is -0.337 e. The molecule has 1 fully saturated rings. The molecule has 0 saturated carbocycles. The number of piperazine rings is 1. The first kappa shape index (κ1) is 18.0. The fourth-order valence-electron chi connectivity index (χ4n) is 3.22. The number of rotatable bonds is 5. The number of carbonyl (C=O) groups is 1. The van der Waals surface area contributed by atoms with Crippen molar-refractivity contribution in [3.63, 3.8) is 0 Å². The molecular weight excluding hydrogens is 336 g/mol. The van der Waals surface area contributed by atoms with Gasteiger partial charge in [0.05, 0.1) is 17.5 Å². The average Bonchev–Trinajstić information content (AvgIpc) is 3.03. The van der Waals surface area contributed by atoms with Gasteiger partial charge in [-0.1, -0.05) is 12.1 Å². The van der Waals surface area contributed by atoms with Gasteiger partial charge in [0.2, 0.25) is 5.91 Å². The van der Waals surface area contributed by atoms with Crippen LogP contribution in [0.1, 0.15) is 17.4 Å². The van der Waals surface area contributed by atoms with Crippen molar-refractivity contribution in [3.8, 4) is 0 Å². The van der Waals surface area contributed by atoms with E-state index in [0.29, 0.717) is 18.7 Å². The Labute approximate surface area is 151 Å². The largest absolute Gasteiger partial charge is 0.337 e. The van der Waals surface area contributed by atoms with Gasteiger partial charge in [0.25, 0.3) is 5.69 Å². The molecule has 2 N–H and O–H groups in total. The van der Waals surface area contributed by atoms with Gasteiger partial charge in [0.1, 0.15) is 11.5 Å². The van der Waals surface area contributed by atoms with Crippen molar-refractivity contribution < 1.29 is 9.72 Å². The van der Waals surface area contributed by atoms with Gasteiger partial charge < -0.3 is 15.2 Å². The Kier molecular flexibility index (Phi) is 5.29. The van der Waals surface area contributed by atoms with E-state index in [1.54, 1.807) is 25.3 Å². The molecule has 1 atom stereocenters. The van der Waals surface area contributed by atoms with Crippen molar-refractivity contribution in [2.24, 2.45) is 7.05 Å². The lowest BCUT2D eigenvalue weighted by molar-refractivity contribution is -0.384. The monoisotopic (exact) mass is 358 g/mol. The summed E-state index contributed by atoms with van der Waals surface area (Å²) < 4.78 is 1.94. The molecule has 0 aliphatic carbocycles. The van der Waals surface area contributed by atoms with Gasteiger partial charge in [-0.25, -0.2) is 4.98 Å². The number of nitro benzene ring substituents is 1. The molecule has 1 saturated heterocycles. The van der Waals surface area contributed by atoms with Crippen LogP contribution in [0, 0.1) is 17.0 Å². The lowest BCUT2D eigenvalue weighted by Crippen LogP contribution is -2.49. The first-order valence-electron chi connectivity index (χ1n) is 8.43. The molecule has 2 heterocycles. The highest BCUT2D eigenvalue weighted by molar-refractivity contribution is 5.95. The lowest BCUT2D eigenvalue weighted by Gasteiger charge is -2.35. The molecule has 0 spiro atoms. The van der Waals surface area contributed by atoms with Crippen LogP contribution in [-0.4, -0.2) is 51.5 Å². The smallest absolute Gasteiger partial charge is 0.293 e. The number of hydrogen-bond acceptors (Lipinski definition) is 6. The molecule has 1 aromatic heterocycles. The summed E-state index contributed by atoms with van der Waals surface area (Å²) in [6.45, 7) is 4.05. The van der Waals surface area contributed by atoms with Crippen LogP contribution in [0.2, 0.25) is 0 Å². The molecule has 2 aromatic rings. The van der Waals surface area contributed by atoms with Gasteiger partial charge in [-0.2, -0.15) is 0 Å². The molecule has 26 heavy (non-hydrogen) atoms. The molecule has 1 aliphatic rings. The van der Waals surface area contributed by atoms with Crippen LogP contribution in [-0.2, 0) is 11.8 Å². The van der Waals surface area contributed by atoms with Crippen LogP contribution in [0.4, 0.5) is 11.4 Å². The SMILES string of the molecule is Cc1cccc([N+](=O)[O-])c1NC(=O)CN1CCNCC1c1nccn1C. The van der Waals surface area contributed by atoms with Gasteiger partial charge in [0.15, 0.2) is 0 Å². The number of nitrogens with zero attached hydrogens (tertiary/aromatic N) is 4. The van der Waals surface area contributed by atoms with Crippen molar-refractivity contribution >= 4 is 17.3 Å². The number of nitrogens with one attached hydrogen (secondary N) is 2. The third-order valence-corrected chi connectivity index (χ3v) is 4.57. The minimum atomic E-state index is -0.482. The number of benzene rings is 1. The molecule has 1 amide bonds. The molecule has 1 aromatic carbocycles. The zero-order valence-electron chi connectivity index (χ0n) is 14.8. The fourth-order valence-corrected chi connectivity index (χ4v) is 3.22. The highest BCUT2D eigenvalue weighted by Crippen LogP contribution is 2.28. The molecule has 9 heteroatoms. The topological polar surface area (TPSA) is 105 Å². The Morgan fingerprint density at radius 3 is 3.00 bits per heavy atom. The second kappa shape index (κ2) is 7.63. The van der Waals surface area contributed by atoms with Crippen LogP contribution in [0.5, 0.6) is 0 Å². The summed E-state index contributed by atoms with van der Waals surface area (Å²) in [6.07, 6.45) is 3.61. The number of anilines is 1. The predicted octanol–water partition coefficient (Wildman–Crippen LogP) is 1.22. The standard InChI is InChI=1S/C17H22N6O3/c1-12-4-3-5-13(23(25)26)16(12)20-15(24)11-22-9-6-18-10-14(22)17-19-7-8-21(17)2/h3-5,7-8,14,18H,6,9-11H2,1-2H3,(H,20,24). The van der Waals surface area contributed by atoms with E-state index in [2.05, 4.69) is 15.6 Å². The highest BCUT2D eigenvalue weighted by Gasteiger charge is 2.29. The van der Waals surface area contributed by atoms with Crippen LogP contribution in [0.15, 0.2) is 30.6 Å². The highest BCUT2D eigenvalue weighted by atomic mass is 16.6. The van der Waals surface area contributed by atoms with E-state index in [1.807, 2.05) is 22.7 Å². The van der Waals surface area contributed by atoms with E-state index in [9.17, 15) is 14.9 Å². The summed E-state index contributed by atoms with van der Waals surface area (Å²) in [5.74, 6) is 0.607. The number of hydrogen-bond donors (Lipinski definition) is 2. The predicted molar refractivity (Wildman–Crippen MR) is 96.9 cm³/mol. The molecular formula is C17H22N6O3. The maximum Gasteiger partial charge on any atom is 0.293 e. The summed E-state index contributed by atoms with van der Waals surface area (Å²) in [5.41, 5.74) is 0.819. The number of nitro groups is 1. The molecule has 138 valence electrons. The first-order chi connectivity index (χ1) is 12.5. The van der Waals surface area contributed by atoms with E-state index in [1.165, 1.54) is 6.07 Å². The van der Waals surface area contributed by atoms with Gasteiger partial charge in [-0.05, 0) is 12.5 Å². The third-order valence-electron chi connectivity index (χ3n) is 4.57. The Morgan fingerprint density at radius 1 is 1.50 bits per heavy atom.